The quantitative estimate of drug-likeness (QED) is 0.486. The summed E-state index contributed by atoms with van der Waals surface area (Å²) in [5.74, 6) is 0.894. The molecule has 0 atom stereocenters. The van der Waals surface area contributed by atoms with Crippen molar-refractivity contribution < 1.29 is 0 Å². The van der Waals surface area contributed by atoms with Crippen molar-refractivity contribution in [1.82, 2.24) is 19.4 Å². The number of rotatable bonds is 5. The maximum atomic E-state index is 13.6. The summed E-state index contributed by atoms with van der Waals surface area (Å²) in [5.41, 5.74) is 2.16. The van der Waals surface area contributed by atoms with Crippen LogP contribution in [-0.4, -0.2) is 59.3 Å². The van der Waals surface area contributed by atoms with Gasteiger partial charge in [0, 0.05) is 30.3 Å². The molecule has 1 aliphatic heterocycles. The normalized spacial score (nSPS) is 14.8. The van der Waals surface area contributed by atoms with Crippen molar-refractivity contribution in [2.45, 2.75) is 18.1 Å². The number of nitrogens with zero attached hydrogens (tertiary/aromatic N) is 4. The topological polar surface area (TPSA) is 41.4 Å². The van der Waals surface area contributed by atoms with Gasteiger partial charge in [0.05, 0.1) is 11.1 Å². The molecule has 3 heterocycles. The van der Waals surface area contributed by atoms with Crippen molar-refractivity contribution in [1.29, 1.82) is 0 Å². The maximum Gasteiger partial charge on any atom is 0.267 e. The molecule has 0 saturated carbocycles. The molecule has 0 bridgehead atoms. The molecule has 0 aliphatic carbocycles. The fraction of sp³-hybridized carbons (Fsp3) is 0.400. The van der Waals surface area contributed by atoms with Crippen molar-refractivity contribution in [3.63, 3.8) is 0 Å². The number of benzene rings is 1. The first-order chi connectivity index (χ1) is 13.0. The van der Waals surface area contributed by atoms with Gasteiger partial charge in [-0.3, -0.25) is 9.36 Å². The van der Waals surface area contributed by atoms with E-state index in [2.05, 4.69) is 30.9 Å². The van der Waals surface area contributed by atoms with Crippen molar-refractivity contribution in [2.75, 3.05) is 40.0 Å². The van der Waals surface area contributed by atoms with Gasteiger partial charge in [-0.15, -0.1) is 11.3 Å². The Kier molecular flexibility index (Phi) is 5.36. The molecular weight excluding hydrogens is 376 g/mol. The molecule has 0 spiro atoms. The number of thioether (sulfide) groups is 1. The van der Waals surface area contributed by atoms with Crippen LogP contribution in [0.1, 0.15) is 10.4 Å². The van der Waals surface area contributed by atoms with Crippen LogP contribution in [0.5, 0.6) is 0 Å². The van der Waals surface area contributed by atoms with Crippen molar-refractivity contribution in [3.05, 3.63) is 51.1 Å². The molecule has 27 heavy (non-hydrogen) atoms. The van der Waals surface area contributed by atoms with E-state index < -0.39 is 0 Å². The van der Waals surface area contributed by atoms with Gasteiger partial charge >= 0.3 is 0 Å². The Balaban J connectivity index is 1.88. The van der Waals surface area contributed by atoms with Crippen molar-refractivity contribution in [2.24, 2.45) is 0 Å². The van der Waals surface area contributed by atoms with E-state index in [1.165, 1.54) is 10.4 Å². The summed E-state index contributed by atoms with van der Waals surface area (Å²) in [5, 5.41) is 1.61. The standard InChI is InChI=1S/C20H24N4OS2/c1-22(2)11-12-26-20-21-18-17(15-9-10-23(3)13-16(15)27-18)19(25)24(20)14-7-5-4-6-8-14/h4-8H,9-13H2,1-3H3. The average molecular weight is 401 g/mol. The molecule has 1 aliphatic rings. The predicted octanol–water partition coefficient (Wildman–Crippen LogP) is 3.09. The number of aromatic nitrogens is 2. The van der Waals surface area contributed by atoms with Gasteiger partial charge in [0.15, 0.2) is 5.16 Å². The third-order valence-electron chi connectivity index (χ3n) is 4.82. The van der Waals surface area contributed by atoms with Gasteiger partial charge < -0.3 is 9.80 Å². The van der Waals surface area contributed by atoms with Crippen LogP contribution in [0, 0.1) is 0 Å². The van der Waals surface area contributed by atoms with Gasteiger partial charge in [-0.25, -0.2) is 4.98 Å². The Morgan fingerprint density at radius 2 is 2.04 bits per heavy atom. The molecule has 3 aromatic rings. The zero-order chi connectivity index (χ0) is 19.0. The summed E-state index contributed by atoms with van der Waals surface area (Å²) in [7, 11) is 6.25. The lowest BCUT2D eigenvalue weighted by Crippen LogP contribution is -2.27. The van der Waals surface area contributed by atoms with Gasteiger partial charge in [0.2, 0.25) is 0 Å². The lowest BCUT2D eigenvalue weighted by atomic mass is 10.1. The summed E-state index contributed by atoms with van der Waals surface area (Å²) >= 11 is 3.34. The predicted molar refractivity (Wildman–Crippen MR) is 115 cm³/mol. The van der Waals surface area contributed by atoms with Crippen LogP contribution in [0.25, 0.3) is 15.9 Å². The van der Waals surface area contributed by atoms with Crippen LogP contribution >= 0.6 is 23.1 Å². The van der Waals surface area contributed by atoms with E-state index >= 15 is 0 Å². The fourth-order valence-electron chi connectivity index (χ4n) is 3.37. The Morgan fingerprint density at radius 3 is 2.78 bits per heavy atom. The molecule has 142 valence electrons. The van der Waals surface area contributed by atoms with Crippen LogP contribution in [0.15, 0.2) is 40.3 Å². The molecule has 5 nitrogen and oxygen atoms in total. The molecule has 0 radical (unpaired) electrons. The van der Waals surface area contributed by atoms with Crippen LogP contribution in [0.4, 0.5) is 0 Å². The molecule has 0 N–H and O–H groups in total. The first-order valence-corrected chi connectivity index (χ1v) is 10.9. The zero-order valence-corrected chi connectivity index (χ0v) is 17.6. The first-order valence-electron chi connectivity index (χ1n) is 9.13. The monoisotopic (exact) mass is 400 g/mol. The van der Waals surface area contributed by atoms with Gasteiger partial charge in [0.1, 0.15) is 4.83 Å². The van der Waals surface area contributed by atoms with Crippen molar-refractivity contribution in [3.8, 4) is 5.69 Å². The minimum atomic E-state index is 0.0700. The second-order valence-corrected chi connectivity index (χ2v) is 9.34. The molecule has 0 unspecified atom stereocenters. The zero-order valence-electron chi connectivity index (χ0n) is 15.9. The minimum Gasteiger partial charge on any atom is -0.309 e. The van der Waals surface area contributed by atoms with E-state index in [4.69, 9.17) is 4.98 Å². The van der Waals surface area contributed by atoms with E-state index in [1.54, 1.807) is 27.7 Å². The van der Waals surface area contributed by atoms with E-state index in [-0.39, 0.29) is 5.56 Å². The summed E-state index contributed by atoms with van der Waals surface area (Å²) < 4.78 is 1.80. The Labute approximate surface area is 167 Å². The maximum absolute atomic E-state index is 13.6. The number of likely N-dealkylation sites (N-methyl/N-ethyl adjacent to an activating group) is 1. The Morgan fingerprint density at radius 1 is 1.26 bits per heavy atom. The molecular formula is C20H24N4OS2. The number of para-hydroxylation sites is 1. The highest BCUT2D eigenvalue weighted by Crippen LogP contribution is 2.33. The van der Waals surface area contributed by atoms with Gasteiger partial charge in [-0.1, -0.05) is 30.0 Å². The summed E-state index contributed by atoms with van der Waals surface area (Å²) in [6, 6.07) is 9.88. The molecule has 4 rings (SSSR count). The van der Waals surface area contributed by atoms with Crippen LogP contribution in [0.3, 0.4) is 0 Å². The highest BCUT2D eigenvalue weighted by Gasteiger charge is 2.24. The van der Waals surface area contributed by atoms with E-state index in [1.807, 2.05) is 30.3 Å². The molecule has 1 aromatic carbocycles. The van der Waals surface area contributed by atoms with Gasteiger partial charge in [0.25, 0.3) is 5.56 Å². The summed E-state index contributed by atoms with van der Waals surface area (Å²) in [6.45, 7) is 2.84. The van der Waals surface area contributed by atoms with Gasteiger partial charge in [-0.2, -0.15) is 0 Å². The molecule has 7 heteroatoms. The van der Waals surface area contributed by atoms with E-state index in [9.17, 15) is 4.79 Å². The fourth-order valence-corrected chi connectivity index (χ4v) is 5.83. The minimum absolute atomic E-state index is 0.0700. The third-order valence-corrected chi connectivity index (χ3v) is 6.85. The first kappa shape index (κ1) is 18.7. The molecule has 0 saturated heterocycles. The van der Waals surface area contributed by atoms with Gasteiger partial charge in [-0.05, 0) is 45.3 Å². The number of hydrogen-bond acceptors (Lipinski definition) is 6. The number of thiophene rings is 1. The number of fused-ring (bicyclic) bond motifs is 3. The van der Waals surface area contributed by atoms with Crippen molar-refractivity contribution >= 4 is 33.3 Å². The van der Waals surface area contributed by atoms with Crippen LogP contribution in [-0.2, 0) is 13.0 Å². The average Bonchev–Trinajstić information content (AvgIpc) is 2.99. The largest absolute Gasteiger partial charge is 0.309 e. The van der Waals surface area contributed by atoms with Crippen LogP contribution in [0.2, 0.25) is 0 Å². The second kappa shape index (κ2) is 7.75. The van der Waals surface area contributed by atoms with Crippen LogP contribution < -0.4 is 5.56 Å². The molecule has 0 fully saturated rings. The summed E-state index contributed by atoms with van der Waals surface area (Å²) in [4.78, 5) is 25.1. The molecule has 0 amide bonds. The smallest absolute Gasteiger partial charge is 0.267 e. The Hall–Kier alpha value is -1.67. The highest BCUT2D eigenvalue weighted by atomic mass is 32.2. The lowest BCUT2D eigenvalue weighted by Gasteiger charge is -2.21. The SMILES string of the molecule is CN(C)CCSc1nc2sc3c(c2c(=O)n1-c1ccccc1)CCN(C)C3. The summed E-state index contributed by atoms with van der Waals surface area (Å²) in [6.07, 6.45) is 0.921. The second-order valence-electron chi connectivity index (χ2n) is 7.19. The Bertz CT molecular complexity index is 1010. The highest BCUT2D eigenvalue weighted by molar-refractivity contribution is 7.99. The third kappa shape index (κ3) is 3.69. The number of hydrogen-bond donors (Lipinski definition) is 0. The van der Waals surface area contributed by atoms with E-state index in [0.717, 1.165) is 52.9 Å². The molecule has 2 aromatic heterocycles. The van der Waals surface area contributed by atoms with E-state index in [0.29, 0.717) is 0 Å². The lowest BCUT2D eigenvalue weighted by molar-refractivity contribution is 0.318.